The van der Waals surface area contributed by atoms with Crippen LogP contribution in [0.2, 0.25) is 0 Å². The van der Waals surface area contributed by atoms with E-state index in [1.54, 1.807) is 0 Å². The number of carboxylic acid groups (broad SMARTS) is 1. The third-order valence-corrected chi connectivity index (χ3v) is 2.48. The Morgan fingerprint density at radius 3 is 2.70 bits per heavy atom. The van der Waals surface area contributed by atoms with Crippen molar-refractivity contribution in [1.29, 1.82) is 0 Å². The average Bonchev–Trinajstić information content (AvgIpc) is 2.41. The molecule has 0 saturated carbocycles. The fourth-order valence-electron chi connectivity index (χ4n) is 1.53. The molecule has 20 heavy (non-hydrogen) atoms. The van der Waals surface area contributed by atoms with Gasteiger partial charge in [-0.25, -0.2) is 9.18 Å². The summed E-state index contributed by atoms with van der Waals surface area (Å²) in [5.41, 5.74) is -0.525. The van der Waals surface area contributed by atoms with E-state index in [0.29, 0.717) is 0 Å². The molecule has 2 N–H and O–H groups in total. The Bertz CT molecular complexity index is 690. The number of rotatable bonds is 4. The Labute approximate surface area is 111 Å². The SMILES string of the molecule is O=C(O)c1ccc(Nc2ccncc2[N+](=O)[O-])c(F)c1. The topological polar surface area (TPSA) is 105 Å². The third kappa shape index (κ3) is 2.69. The number of hydrogen-bond acceptors (Lipinski definition) is 5. The standard InChI is InChI=1S/C12H8FN3O4/c13-8-5-7(12(17)18)1-2-9(8)15-10-3-4-14-6-11(10)16(19)20/h1-6H,(H,14,15)(H,17,18). The Hall–Kier alpha value is -3.03. The Balaban J connectivity index is 2.36. The molecule has 1 heterocycles. The lowest BCUT2D eigenvalue weighted by atomic mass is 10.2. The van der Waals surface area contributed by atoms with Crippen molar-refractivity contribution in [2.75, 3.05) is 5.32 Å². The number of anilines is 2. The number of pyridine rings is 1. The zero-order valence-corrected chi connectivity index (χ0v) is 9.91. The second-order valence-electron chi connectivity index (χ2n) is 3.77. The van der Waals surface area contributed by atoms with Crippen molar-refractivity contribution in [3.05, 3.63) is 58.2 Å². The van der Waals surface area contributed by atoms with Gasteiger partial charge in [-0.1, -0.05) is 0 Å². The largest absolute Gasteiger partial charge is 0.478 e. The zero-order chi connectivity index (χ0) is 14.7. The Kier molecular flexibility index (Phi) is 3.56. The van der Waals surface area contributed by atoms with Gasteiger partial charge in [0.1, 0.15) is 17.7 Å². The number of aromatic carboxylic acids is 1. The molecule has 0 aliphatic rings. The van der Waals surface area contributed by atoms with Crippen LogP contribution in [0.4, 0.5) is 21.5 Å². The van der Waals surface area contributed by atoms with Gasteiger partial charge in [0.05, 0.1) is 16.2 Å². The molecule has 0 spiro atoms. The summed E-state index contributed by atoms with van der Waals surface area (Å²) in [6, 6.07) is 4.55. The van der Waals surface area contributed by atoms with Gasteiger partial charge in [0, 0.05) is 6.20 Å². The molecule has 0 radical (unpaired) electrons. The van der Waals surface area contributed by atoms with Crippen LogP contribution in [0.3, 0.4) is 0 Å². The minimum atomic E-state index is -1.26. The molecule has 2 rings (SSSR count). The van der Waals surface area contributed by atoms with E-state index in [9.17, 15) is 19.3 Å². The van der Waals surface area contributed by atoms with Gasteiger partial charge < -0.3 is 10.4 Å². The monoisotopic (exact) mass is 277 g/mol. The maximum atomic E-state index is 13.7. The van der Waals surface area contributed by atoms with Gasteiger partial charge in [0.25, 0.3) is 0 Å². The first kappa shape index (κ1) is 13.4. The highest BCUT2D eigenvalue weighted by atomic mass is 19.1. The van der Waals surface area contributed by atoms with Crippen LogP contribution in [-0.2, 0) is 0 Å². The van der Waals surface area contributed by atoms with E-state index in [1.807, 2.05) is 0 Å². The van der Waals surface area contributed by atoms with Crippen LogP contribution >= 0.6 is 0 Å². The summed E-state index contributed by atoms with van der Waals surface area (Å²) in [6.45, 7) is 0. The molecule has 0 unspecified atom stereocenters. The smallest absolute Gasteiger partial charge is 0.335 e. The van der Waals surface area contributed by atoms with Crippen LogP contribution in [0.15, 0.2) is 36.7 Å². The molecular formula is C12H8FN3O4. The molecule has 0 atom stereocenters. The Morgan fingerprint density at radius 1 is 1.35 bits per heavy atom. The molecule has 0 aliphatic carbocycles. The van der Waals surface area contributed by atoms with E-state index in [-0.39, 0.29) is 22.6 Å². The number of hydrogen-bond donors (Lipinski definition) is 2. The highest BCUT2D eigenvalue weighted by molar-refractivity contribution is 5.88. The van der Waals surface area contributed by atoms with Crippen molar-refractivity contribution >= 4 is 23.0 Å². The van der Waals surface area contributed by atoms with E-state index in [1.165, 1.54) is 24.4 Å². The second kappa shape index (κ2) is 5.31. The summed E-state index contributed by atoms with van der Waals surface area (Å²) in [5, 5.41) is 22.1. The predicted molar refractivity (Wildman–Crippen MR) is 67.5 cm³/mol. The number of carboxylic acids is 1. The summed E-state index contributed by atoms with van der Waals surface area (Å²) >= 11 is 0. The molecule has 8 heteroatoms. The molecule has 7 nitrogen and oxygen atoms in total. The maximum Gasteiger partial charge on any atom is 0.335 e. The molecule has 102 valence electrons. The molecule has 2 aromatic rings. The van der Waals surface area contributed by atoms with E-state index in [2.05, 4.69) is 10.3 Å². The lowest BCUT2D eigenvalue weighted by molar-refractivity contribution is -0.384. The first-order chi connectivity index (χ1) is 9.49. The average molecular weight is 277 g/mol. The predicted octanol–water partition coefficient (Wildman–Crippen LogP) is 2.57. The third-order valence-electron chi connectivity index (χ3n) is 2.48. The van der Waals surface area contributed by atoms with E-state index >= 15 is 0 Å². The molecule has 1 aromatic heterocycles. The van der Waals surface area contributed by atoms with E-state index < -0.39 is 16.7 Å². The van der Waals surface area contributed by atoms with E-state index in [4.69, 9.17) is 5.11 Å². The lowest BCUT2D eigenvalue weighted by Gasteiger charge is -2.08. The van der Waals surface area contributed by atoms with Crippen molar-refractivity contribution in [3.63, 3.8) is 0 Å². The number of halogens is 1. The van der Waals surface area contributed by atoms with Gasteiger partial charge in [-0.15, -0.1) is 0 Å². The van der Waals surface area contributed by atoms with Crippen molar-refractivity contribution < 1.29 is 19.2 Å². The fourth-order valence-corrected chi connectivity index (χ4v) is 1.53. The number of aromatic nitrogens is 1. The fraction of sp³-hybridized carbons (Fsp3) is 0. The van der Waals surface area contributed by atoms with Crippen LogP contribution in [0, 0.1) is 15.9 Å². The van der Waals surface area contributed by atoms with Crippen LogP contribution in [-0.4, -0.2) is 21.0 Å². The molecule has 0 amide bonds. The van der Waals surface area contributed by atoms with Gasteiger partial charge in [0.15, 0.2) is 0 Å². The van der Waals surface area contributed by atoms with Gasteiger partial charge in [-0.2, -0.15) is 0 Å². The molecule has 0 aliphatic heterocycles. The number of benzene rings is 1. The molecule has 0 fully saturated rings. The summed E-state index contributed by atoms with van der Waals surface area (Å²) in [5.74, 6) is -2.08. The zero-order valence-electron chi connectivity index (χ0n) is 9.91. The number of nitrogens with one attached hydrogen (secondary N) is 1. The van der Waals surface area contributed by atoms with Gasteiger partial charge in [-0.05, 0) is 24.3 Å². The van der Waals surface area contributed by atoms with E-state index in [0.717, 1.165) is 12.3 Å². The van der Waals surface area contributed by atoms with Crippen molar-refractivity contribution in [2.45, 2.75) is 0 Å². The van der Waals surface area contributed by atoms with Crippen LogP contribution in [0.5, 0.6) is 0 Å². The normalized spacial score (nSPS) is 10.1. The summed E-state index contributed by atoms with van der Waals surface area (Å²) in [7, 11) is 0. The highest BCUT2D eigenvalue weighted by Gasteiger charge is 2.15. The quantitative estimate of drug-likeness (QED) is 0.657. The van der Waals surface area contributed by atoms with Crippen molar-refractivity contribution in [1.82, 2.24) is 4.98 Å². The molecule has 0 bridgehead atoms. The van der Waals surface area contributed by atoms with Gasteiger partial charge in [0.2, 0.25) is 0 Å². The summed E-state index contributed by atoms with van der Waals surface area (Å²) < 4.78 is 13.7. The maximum absolute atomic E-state index is 13.7. The van der Waals surface area contributed by atoms with Crippen LogP contribution in [0.25, 0.3) is 0 Å². The van der Waals surface area contributed by atoms with Crippen molar-refractivity contribution in [3.8, 4) is 0 Å². The van der Waals surface area contributed by atoms with Gasteiger partial charge >= 0.3 is 11.7 Å². The second-order valence-corrected chi connectivity index (χ2v) is 3.77. The van der Waals surface area contributed by atoms with Crippen molar-refractivity contribution in [2.24, 2.45) is 0 Å². The molecule has 0 saturated heterocycles. The molecular weight excluding hydrogens is 269 g/mol. The minimum absolute atomic E-state index is 0.0620. The lowest BCUT2D eigenvalue weighted by Crippen LogP contribution is -2.01. The molecule has 1 aromatic carbocycles. The van der Waals surface area contributed by atoms with Crippen LogP contribution in [0.1, 0.15) is 10.4 Å². The number of nitrogens with zero attached hydrogens (tertiary/aromatic N) is 2. The summed E-state index contributed by atoms with van der Waals surface area (Å²) in [6.07, 6.45) is 2.35. The van der Waals surface area contributed by atoms with Gasteiger partial charge in [-0.3, -0.25) is 15.1 Å². The number of nitro groups is 1. The van der Waals surface area contributed by atoms with Crippen LogP contribution < -0.4 is 5.32 Å². The first-order valence-electron chi connectivity index (χ1n) is 5.37. The Morgan fingerprint density at radius 2 is 2.10 bits per heavy atom. The highest BCUT2D eigenvalue weighted by Crippen LogP contribution is 2.27. The minimum Gasteiger partial charge on any atom is -0.478 e. The summed E-state index contributed by atoms with van der Waals surface area (Å²) in [4.78, 5) is 24.4. The first-order valence-corrected chi connectivity index (χ1v) is 5.37. The number of carbonyl (C=O) groups is 1.